The maximum absolute atomic E-state index is 11.5. The fraction of sp³-hybridized carbons (Fsp3) is 0.462. The SMILES string of the molecule is O=CN(Cc1ccc2c(c1)OCO2)[C@@H]1CCS(=O)(=O)C1. The van der Waals surface area contributed by atoms with Crippen LogP contribution in [0.15, 0.2) is 18.2 Å². The Morgan fingerprint density at radius 1 is 1.30 bits per heavy atom. The van der Waals surface area contributed by atoms with Crippen LogP contribution in [0.1, 0.15) is 12.0 Å². The van der Waals surface area contributed by atoms with E-state index in [9.17, 15) is 13.2 Å². The smallest absolute Gasteiger partial charge is 0.231 e. The van der Waals surface area contributed by atoms with Crippen LogP contribution in [0, 0.1) is 0 Å². The molecule has 1 atom stereocenters. The Balaban J connectivity index is 1.74. The largest absolute Gasteiger partial charge is 0.454 e. The van der Waals surface area contributed by atoms with Crippen molar-refractivity contribution >= 4 is 16.2 Å². The lowest BCUT2D eigenvalue weighted by atomic mass is 10.1. The first-order valence-electron chi connectivity index (χ1n) is 6.37. The summed E-state index contributed by atoms with van der Waals surface area (Å²) in [5.41, 5.74) is 0.894. The average Bonchev–Trinajstić information content (AvgIpc) is 3.01. The zero-order chi connectivity index (χ0) is 14.2. The van der Waals surface area contributed by atoms with E-state index in [-0.39, 0.29) is 24.3 Å². The van der Waals surface area contributed by atoms with Gasteiger partial charge in [0.1, 0.15) is 0 Å². The molecule has 108 valence electrons. The van der Waals surface area contributed by atoms with Gasteiger partial charge in [-0.2, -0.15) is 0 Å². The normalized spacial score (nSPS) is 22.7. The number of carbonyl (C=O) groups excluding carboxylic acids is 1. The van der Waals surface area contributed by atoms with Crippen molar-refractivity contribution in [3.05, 3.63) is 23.8 Å². The molecule has 7 heteroatoms. The van der Waals surface area contributed by atoms with Gasteiger partial charge in [-0.15, -0.1) is 0 Å². The number of carbonyl (C=O) groups is 1. The molecule has 0 aliphatic carbocycles. The minimum absolute atomic E-state index is 0.0519. The third kappa shape index (κ3) is 2.58. The highest BCUT2D eigenvalue weighted by molar-refractivity contribution is 7.91. The van der Waals surface area contributed by atoms with Crippen molar-refractivity contribution in [1.82, 2.24) is 4.90 Å². The lowest BCUT2D eigenvalue weighted by Gasteiger charge is -2.23. The Labute approximate surface area is 117 Å². The quantitative estimate of drug-likeness (QED) is 0.759. The third-order valence-corrected chi connectivity index (χ3v) is 5.37. The van der Waals surface area contributed by atoms with Crippen LogP contribution in [0.4, 0.5) is 0 Å². The predicted octanol–water partition coefficient (Wildman–Crippen LogP) is 0.561. The molecule has 0 spiro atoms. The van der Waals surface area contributed by atoms with E-state index in [2.05, 4.69) is 0 Å². The summed E-state index contributed by atoms with van der Waals surface area (Å²) in [6.45, 7) is 0.581. The molecule has 2 aliphatic heterocycles. The fourth-order valence-corrected chi connectivity index (χ4v) is 4.28. The van der Waals surface area contributed by atoms with Crippen molar-refractivity contribution in [2.75, 3.05) is 18.3 Å². The van der Waals surface area contributed by atoms with Gasteiger partial charge in [0.2, 0.25) is 13.2 Å². The Bertz CT molecular complexity index is 628. The minimum atomic E-state index is -3.00. The molecule has 0 bridgehead atoms. The molecule has 1 fully saturated rings. The van der Waals surface area contributed by atoms with Crippen LogP contribution in [-0.4, -0.2) is 44.1 Å². The van der Waals surface area contributed by atoms with E-state index in [0.29, 0.717) is 24.5 Å². The van der Waals surface area contributed by atoms with Crippen molar-refractivity contribution in [1.29, 1.82) is 0 Å². The summed E-state index contributed by atoms with van der Waals surface area (Å²) in [5, 5.41) is 0. The van der Waals surface area contributed by atoms with E-state index < -0.39 is 9.84 Å². The predicted molar refractivity (Wildman–Crippen MR) is 71.2 cm³/mol. The van der Waals surface area contributed by atoms with Crippen molar-refractivity contribution in [3.8, 4) is 11.5 Å². The van der Waals surface area contributed by atoms with Gasteiger partial charge in [-0.1, -0.05) is 6.07 Å². The van der Waals surface area contributed by atoms with E-state index in [1.165, 1.54) is 0 Å². The van der Waals surface area contributed by atoms with Gasteiger partial charge < -0.3 is 14.4 Å². The summed E-state index contributed by atoms with van der Waals surface area (Å²) in [6, 6.07) is 5.24. The standard InChI is InChI=1S/C13H15NO5S/c15-8-14(11-3-4-20(16,17)7-11)6-10-1-2-12-13(5-10)19-9-18-12/h1-2,5,8,11H,3-4,6-7,9H2/t11-/m1/s1. The van der Waals surface area contributed by atoms with Gasteiger partial charge in [0.05, 0.1) is 11.5 Å². The summed E-state index contributed by atoms with van der Waals surface area (Å²) in [5.74, 6) is 1.56. The second kappa shape index (κ2) is 4.97. The van der Waals surface area contributed by atoms with Gasteiger partial charge >= 0.3 is 0 Å². The van der Waals surface area contributed by atoms with Crippen molar-refractivity contribution < 1.29 is 22.7 Å². The lowest BCUT2D eigenvalue weighted by molar-refractivity contribution is -0.120. The number of benzene rings is 1. The second-order valence-electron chi connectivity index (χ2n) is 5.02. The van der Waals surface area contributed by atoms with Gasteiger partial charge in [-0.3, -0.25) is 4.79 Å². The van der Waals surface area contributed by atoms with Crippen LogP contribution in [-0.2, 0) is 21.2 Å². The molecule has 1 aromatic carbocycles. The van der Waals surface area contributed by atoms with Gasteiger partial charge in [0.25, 0.3) is 0 Å². The Hall–Kier alpha value is -1.76. The van der Waals surface area contributed by atoms with Crippen LogP contribution in [0.3, 0.4) is 0 Å². The molecular formula is C13H15NO5S. The minimum Gasteiger partial charge on any atom is -0.454 e. The molecule has 2 heterocycles. The highest BCUT2D eigenvalue weighted by atomic mass is 32.2. The summed E-state index contributed by atoms with van der Waals surface area (Å²) in [4.78, 5) is 12.8. The zero-order valence-electron chi connectivity index (χ0n) is 10.8. The number of rotatable bonds is 4. The van der Waals surface area contributed by atoms with E-state index >= 15 is 0 Å². The number of hydrogen-bond donors (Lipinski definition) is 0. The first kappa shape index (κ1) is 13.2. The molecule has 2 aliphatic rings. The highest BCUT2D eigenvalue weighted by Crippen LogP contribution is 2.33. The Morgan fingerprint density at radius 2 is 2.10 bits per heavy atom. The first-order chi connectivity index (χ1) is 9.57. The molecule has 1 aromatic rings. The number of ether oxygens (including phenoxy) is 2. The monoisotopic (exact) mass is 297 g/mol. The highest BCUT2D eigenvalue weighted by Gasteiger charge is 2.31. The summed E-state index contributed by atoms with van der Waals surface area (Å²) < 4.78 is 33.5. The molecular weight excluding hydrogens is 282 g/mol. The third-order valence-electron chi connectivity index (χ3n) is 3.61. The first-order valence-corrected chi connectivity index (χ1v) is 8.19. The molecule has 0 saturated carbocycles. The molecule has 3 rings (SSSR count). The zero-order valence-corrected chi connectivity index (χ0v) is 11.6. The molecule has 1 amide bonds. The van der Waals surface area contributed by atoms with Crippen molar-refractivity contribution in [3.63, 3.8) is 0 Å². The van der Waals surface area contributed by atoms with Gasteiger partial charge in [0, 0.05) is 12.6 Å². The molecule has 6 nitrogen and oxygen atoms in total. The van der Waals surface area contributed by atoms with Gasteiger partial charge in [-0.25, -0.2) is 8.42 Å². The maximum atomic E-state index is 11.5. The Morgan fingerprint density at radius 3 is 2.80 bits per heavy atom. The average molecular weight is 297 g/mol. The molecule has 0 N–H and O–H groups in total. The molecule has 1 saturated heterocycles. The summed E-state index contributed by atoms with van der Waals surface area (Å²) >= 11 is 0. The summed E-state index contributed by atoms with van der Waals surface area (Å²) in [7, 11) is -3.00. The lowest BCUT2D eigenvalue weighted by Crippen LogP contribution is -2.34. The van der Waals surface area contributed by atoms with Crippen LogP contribution >= 0.6 is 0 Å². The van der Waals surface area contributed by atoms with Crippen LogP contribution in [0.2, 0.25) is 0 Å². The maximum Gasteiger partial charge on any atom is 0.231 e. The fourth-order valence-electron chi connectivity index (χ4n) is 2.54. The summed E-state index contributed by atoms with van der Waals surface area (Å²) in [6.07, 6.45) is 1.22. The molecule has 20 heavy (non-hydrogen) atoms. The van der Waals surface area contributed by atoms with E-state index in [1.807, 2.05) is 12.1 Å². The van der Waals surface area contributed by atoms with Crippen LogP contribution in [0.5, 0.6) is 11.5 Å². The number of hydrogen-bond acceptors (Lipinski definition) is 5. The van der Waals surface area contributed by atoms with Crippen LogP contribution < -0.4 is 9.47 Å². The number of amides is 1. The van der Waals surface area contributed by atoms with Crippen molar-refractivity contribution in [2.24, 2.45) is 0 Å². The van der Waals surface area contributed by atoms with Crippen molar-refractivity contribution in [2.45, 2.75) is 19.0 Å². The molecule has 0 unspecified atom stereocenters. The Kier molecular flexibility index (Phi) is 3.29. The number of sulfone groups is 1. The second-order valence-corrected chi connectivity index (χ2v) is 7.25. The number of nitrogens with zero attached hydrogens (tertiary/aromatic N) is 1. The van der Waals surface area contributed by atoms with E-state index in [4.69, 9.17) is 9.47 Å². The van der Waals surface area contributed by atoms with Gasteiger partial charge in [0.15, 0.2) is 21.3 Å². The molecule has 0 aromatic heterocycles. The topological polar surface area (TPSA) is 72.9 Å². The van der Waals surface area contributed by atoms with Crippen LogP contribution in [0.25, 0.3) is 0 Å². The van der Waals surface area contributed by atoms with E-state index in [0.717, 1.165) is 12.0 Å². The van der Waals surface area contributed by atoms with E-state index in [1.54, 1.807) is 11.0 Å². The molecule has 0 radical (unpaired) electrons. The van der Waals surface area contributed by atoms with Gasteiger partial charge in [-0.05, 0) is 24.1 Å². The number of fused-ring (bicyclic) bond motifs is 1.